The van der Waals surface area contributed by atoms with Gasteiger partial charge in [0.15, 0.2) is 5.78 Å². The fourth-order valence-electron chi connectivity index (χ4n) is 1.61. The van der Waals surface area contributed by atoms with Gasteiger partial charge in [0.25, 0.3) is 0 Å². The van der Waals surface area contributed by atoms with Crippen LogP contribution in [0, 0.1) is 0 Å². The fraction of sp³-hybridized carbons (Fsp3) is 0.462. The number of Topliss-reactive ketones (excluding diaryl/α,β-unsaturated/α-hetero) is 1. The molecule has 1 atom stereocenters. The summed E-state index contributed by atoms with van der Waals surface area (Å²) in [5.41, 5.74) is 0.490. The van der Waals surface area contributed by atoms with Crippen molar-refractivity contribution in [3.05, 3.63) is 34.9 Å². The highest BCUT2D eigenvalue weighted by Crippen LogP contribution is 2.17. The lowest BCUT2D eigenvalue weighted by Crippen LogP contribution is -2.46. The zero-order valence-electron chi connectivity index (χ0n) is 10.2. The Morgan fingerprint density at radius 3 is 2.38 bits per heavy atom. The van der Waals surface area contributed by atoms with Crippen LogP contribution in [-0.2, 0) is 0 Å². The molecule has 0 bridgehead atoms. The first-order valence-corrected chi connectivity index (χ1v) is 5.75. The van der Waals surface area contributed by atoms with Crippen molar-refractivity contribution in [1.82, 2.24) is 5.32 Å². The Balaban J connectivity index is 2.83. The number of ketones is 1. The molecule has 0 aromatic heterocycles. The molecule has 0 unspecified atom stereocenters. The average molecular weight is 240 g/mol. The lowest BCUT2D eigenvalue weighted by Gasteiger charge is -2.25. The summed E-state index contributed by atoms with van der Waals surface area (Å²) in [6, 6.07) is 6.90. The summed E-state index contributed by atoms with van der Waals surface area (Å²) < 4.78 is 0. The minimum Gasteiger partial charge on any atom is -0.303 e. The van der Waals surface area contributed by atoms with Crippen molar-refractivity contribution >= 4 is 17.4 Å². The van der Waals surface area contributed by atoms with E-state index in [1.165, 1.54) is 0 Å². The predicted octanol–water partition coefficient (Wildman–Crippen LogP) is 3.30. The van der Waals surface area contributed by atoms with Gasteiger partial charge in [-0.05, 0) is 39.8 Å². The number of carbonyl (C=O) groups is 1. The van der Waals surface area contributed by atoms with Gasteiger partial charge < -0.3 is 5.32 Å². The Morgan fingerprint density at radius 2 is 1.88 bits per heavy atom. The van der Waals surface area contributed by atoms with Crippen LogP contribution in [0.2, 0.25) is 5.02 Å². The van der Waals surface area contributed by atoms with Gasteiger partial charge in [0.2, 0.25) is 0 Å². The third-order valence-corrected chi connectivity index (χ3v) is 2.51. The first kappa shape index (κ1) is 13.2. The van der Waals surface area contributed by atoms with Crippen molar-refractivity contribution in [3.8, 4) is 0 Å². The molecule has 0 saturated heterocycles. The van der Waals surface area contributed by atoms with Gasteiger partial charge in [0.05, 0.1) is 11.1 Å². The maximum absolute atomic E-state index is 12.1. The van der Waals surface area contributed by atoms with E-state index in [1.54, 1.807) is 12.1 Å². The van der Waals surface area contributed by atoms with Gasteiger partial charge in [-0.15, -0.1) is 0 Å². The van der Waals surface area contributed by atoms with Gasteiger partial charge in [0, 0.05) is 11.1 Å². The molecule has 0 aliphatic carbocycles. The van der Waals surface area contributed by atoms with Crippen molar-refractivity contribution in [2.24, 2.45) is 0 Å². The van der Waals surface area contributed by atoms with Crippen LogP contribution in [-0.4, -0.2) is 17.4 Å². The molecular formula is C13H18ClNO. The number of hydrogen-bond donors (Lipinski definition) is 1. The van der Waals surface area contributed by atoms with Crippen LogP contribution in [0.5, 0.6) is 0 Å². The van der Waals surface area contributed by atoms with Crippen molar-refractivity contribution < 1.29 is 4.79 Å². The van der Waals surface area contributed by atoms with E-state index in [0.717, 1.165) is 0 Å². The molecule has 0 heterocycles. The zero-order valence-corrected chi connectivity index (χ0v) is 10.9. The number of rotatable bonds is 3. The van der Waals surface area contributed by atoms with Crippen molar-refractivity contribution in [2.75, 3.05) is 0 Å². The predicted molar refractivity (Wildman–Crippen MR) is 68.1 cm³/mol. The van der Waals surface area contributed by atoms with Gasteiger partial charge >= 0.3 is 0 Å². The van der Waals surface area contributed by atoms with Crippen LogP contribution >= 0.6 is 11.6 Å². The second-order valence-electron chi connectivity index (χ2n) is 4.96. The summed E-state index contributed by atoms with van der Waals surface area (Å²) in [4.78, 5) is 12.1. The van der Waals surface area contributed by atoms with Gasteiger partial charge in [-0.3, -0.25) is 4.79 Å². The van der Waals surface area contributed by atoms with Crippen LogP contribution in [0.25, 0.3) is 0 Å². The molecule has 1 N–H and O–H groups in total. The molecule has 0 fully saturated rings. The summed E-state index contributed by atoms with van der Waals surface area (Å²) in [5.74, 6) is 0.0283. The minimum absolute atomic E-state index is 0.0283. The van der Waals surface area contributed by atoms with E-state index in [4.69, 9.17) is 11.6 Å². The molecule has 0 saturated carbocycles. The second-order valence-corrected chi connectivity index (χ2v) is 5.37. The molecule has 1 aromatic carbocycles. The van der Waals surface area contributed by atoms with E-state index >= 15 is 0 Å². The Morgan fingerprint density at radius 1 is 1.31 bits per heavy atom. The number of nitrogens with one attached hydrogen (secondary N) is 1. The first-order valence-electron chi connectivity index (χ1n) is 5.38. The van der Waals surface area contributed by atoms with Crippen LogP contribution < -0.4 is 5.32 Å². The molecule has 2 nitrogen and oxygen atoms in total. The third kappa shape index (κ3) is 3.62. The molecule has 0 radical (unpaired) electrons. The van der Waals surface area contributed by atoms with Crippen LogP contribution in [0.3, 0.4) is 0 Å². The maximum Gasteiger partial charge on any atom is 0.180 e. The Labute approximate surface area is 102 Å². The quantitative estimate of drug-likeness (QED) is 0.820. The van der Waals surface area contributed by atoms with Crippen LogP contribution in [0.15, 0.2) is 24.3 Å². The topological polar surface area (TPSA) is 29.1 Å². The van der Waals surface area contributed by atoms with Crippen molar-refractivity contribution in [3.63, 3.8) is 0 Å². The van der Waals surface area contributed by atoms with E-state index < -0.39 is 0 Å². The minimum atomic E-state index is -0.236. The molecule has 16 heavy (non-hydrogen) atoms. The normalized spacial score (nSPS) is 13.6. The molecule has 88 valence electrons. The lowest BCUT2D eigenvalue weighted by molar-refractivity contribution is 0.0936. The molecule has 0 aliphatic rings. The monoisotopic (exact) mass is 239 g/mol. The number of hydrogen-bond acceptors (Lipinski definition) is 2. The molecule has 0 spiro atoms. The van der Waals surface area contributed by atoms with Gasteiger partial charge in [-0.25, -0.2) is 0 Å². The van der Waals surface area contributed by atoms with Crippen LogP contribution in [0.4, 0.5) is 0 Å². The Bertz CT molecular complexity index is 382. The maximum atomic E-state index is 12.1. The Kier molecular flexibility index (Phi) is 4.11. The van der Waals surface area contributed by atoms with E-state index in [1.807, 2.05) is 39.8 Å². The molecule has 1 rings (SSSR count). The van der Waals surface area contributed by atoms with Gasteiger partial charge in [-0.1, -0.05) is 23.7 Å². The van der Waals surface area contributed by atoms with Crippen molar-refractivity contribution in [2.45, 2.75) is 39.3 Å². The summed E-state index contributed by atoms with van der Waals surface area (Å²) in [7, 11) is 0. The van der Waals surface area contributed by atoms with E-state index in [9.17, 15) is 4.79 Å². The highest BCUT2D eigenvalue weighted by Gasteiger charge is 2.21. The van der Waals surface area contributed by atoms with Gasteiger partial charge in [0.1, 0.15) is 0 Å². The SMILES string of the molecule is C[C@H](NC(C)(C)C)C(=O)c1ccccc1Cl. The number of halogens is 1. The van der Waals surface area contributed by atoms with E-state index in [0.29, 0.717) is 10.6 Å². The molecule has 1 aromatic rings. The third-order valence-electron chi connectivity index (χ3n) is 2.18. The molecule has 3 heteroatoms. The largest absolute Gasteiger partial charge is 0.303 e. The second kappa shape index (κ2) is 4.98. The van der Waals surface area contributed by atoms with Crippen molar-refractivity contribution in [1.29, 1.82) is 0 Å². The zero-order chi connectivity index (χ0) is 12.3. The number of carbonyl (C=O) groups excluding carboxylic acids is 1. The summed E-state index contributed by atoms with van der Waals surface area (Å²) in [6.45, 7) is 7.95. The smallest absolute Gasteiger partial charge is 0.180 e. The van der Waals surface area contributed by atoms with Crippen LogP contribution in [0.1, 0.15) is 38.1 Å². The molecule has 0 aliphatic heterocycles. The first-order chi connectivity index (χ1) is 7.31. The Hall–Kier alpha value is -0.860. The fourth-order valence-corrected chi connectivity index (χ4v) is 1.84. The highest BCUT2D eigenvalue weighted by molar-refractivity contribution is 6.34. The molecular weight excluding hydrogens is 222 g/mol. The van der Waals surface area contributed by atoms with E-state index in [2.05, 4.69) is 5.32 Å². The summed E-state index contributed by atoms with van der Waals surface area (Å²) in [6.07, 6.45) is 0. The average Bonchev–Trinajstić information content (AvgIpc) is 2.15. The summed E-state index contributed by atoms with van der Waals surface area (Å²) >= 11 is 5.99. The van der Waals surface area contributed by atoms with E-state index in [-0.39, 0.29) is 17.4 Å². The lowest BCUT2D eigenvalue weighted by atomic mass is 10.0. The standard InChI is InChI=1S/C13H18ClNO/c1-9(15-13(2,3)4)12(16)10-7-5-6-8-11(10)14/h5-9,15H,1-4H3/t9-/m0/s1. The summed E-state index contributed by atoms with van der Waals surface area (Å²) in [5, 5.41) is 3.75. The molecule has 0 amide bonds. The van der Waals surface area contributed by atoms with Gasteiger partial charge in [-0.2, -0.15) is 0 Å². The highest BCUT2D eigenvalue weighted by atomic mass is 35.5. The number of benzene rings is 1.